The molecule has 0 spiro atoms. The number of aliphatic carboxylic acids is 1. The highest BCUT2D eigenvalue weighted by atomic mass is 32.2. The fraction of sp³-hybridized carbons (Fsp3) is 0.130. The highest BCUT2D eigenvalue weighted by Gasteiger charge is 2.24. The molecule has 1 aromatic heterocycles. The summed E-state index contributed by atoms with van der Waals surface area (Å²) in [6.45, 7) is 0.222. The number of hydrogen-bond donors (Lipinski definition) is 2. The van der Waals surface area contributed by atoms with E-state index >= 15 is 0 Å². The number of carboxylic acids is 1. The standard InChI is InChI=1S/C23H22N2O7S/c1-30-20-12-16(9-10-22(26)27)13-21(23(20)31-2)33(28,29)25-17-7-5-8-19(14-17)32-15-18-6-3-4-11-24-18/h3-14,25H,15H2,1-2H3,(H,26,27)/b10-9+. The lowest BCUT2D eigenvalue weighted by molar-refractivity contribution is -0.131. The molecule has 0 aliphatic rings. The number of aromatic nitrogens is 1. The summed E-state index contributed by atoms with van der Waals surface area (Å²) in [6, 6.07) is 14.7. The Morgan fingerprint density at radius 2 is 1.91 bits per heavy atom. The van der Waals surface area contributed by atoms with Crippen LogP contribution in [0.3, 0.4) is 0 Å². The average molecular weight is 471 g/mol. The Labute approximate surface area is 191 Å². The topological polar surface area (TPSA) is 124 Å². The monoisotopic (exact) mass is 470 g/mol. The van der Waals surface area contributed by atoms with Crippen LogP contribution in [-0.4, -0.2) is 38.7 Å². The lowest BCUT2D eigenvalue weighted by atomic mass is 10.2. The van der Waals surface area contributed by atoms with Gasteiger partial charge in [0.1, 0.15) is 17.3 Å². The van der Waals surface area contributed by atoms with Crippen LogP contribution in [-0.2, 0) is 21.4 Å². The summed E-state index contributed by atoms with van der Waals surface area (Å²) in [5.74, 6) is -0.601. The Morgan fingerprint density at radius 3 is 2.58 bits per heavy atom. The predicted octanol–water partition coefficient (Wildman–Crippen LogP) is 3.58. The number of hydrogen-bond acceptors (Lipinski definition) is 7. The summed E-state index contributed by atoms with van der Waals surface area (Å²) in [7, 11) is -1.47. The van der Waals surface area contributed by atoms with Crippen molar-refractivity contribution in [1.82, 2.24) is 4.98 Å². The Kier molecular flexibility index (Phi) is 7.52. The molecule has 3 rings (SSSR count). The van der Waals surface area contributed by atoms with E-state index in [0.717, 1.165) is 11.8 Å². The molecule has 0 saturated heterocycles. The number of rotatable bonds is 10. The third-order valence-electron chi connectivity index (χ3n) is 4.37. The smallest absolute Gasteiger partial charge is 0.328 e. The van der Waals surface area contributed by atoms with E-state index in [1.807, 2.05) is 12.1 Å². The first-order chi connectivity index (χ1) is 15.8. The van der Waals surface area contributed by atoms with Crippen LogP contribution >= 0.6 is 0 Å². The van der Waals surface area contributed by atoms with E-state index in [1.54, 1.807) is 36.5 Å². The molecule has 172 valence electrons. The van der Waals surface area contributed by atoms with Crippen LogP contribution in [0.5, 0.6) is 17.2 Å². The number of carboxylic acid groups (broad SMARTS) is 1. The van der Waals surface area contributed by atoms with Gasteiger partial charge in [0.25, 0.3) is 10.0 Å². The van der Waals surface area contributed by atoms with E-state index in [4.69, 9.17) is 19.3 Å². The van der Waals surface area contributed by atoms with Crippen LogP contribution in [0.4, 0.5) is 5.69 Å². The molecule has 0 amide bonds. The molecular formula is C23H22N2O7S. The van der Waals surface area contributed by atoms with E-state index in [0.29, 0.717) is 11.3 Å². The first-order valence-electron chi connectivity index (χ1n) is 9.65. The predicted molar refractivity (Wildman–Crippen MR) is 122 cm³/mol. The van der Waals surface area contributed by atoms with E-state index in [2.05, 4.69) is 9.71 Å². The van der Waals surface area contributed by atoms with Gasteiger partial charge in [-0.15, -0.1) is 0 Å². The molecule has 2 N–H and O–H groups in total. The van der Waals surface area contributed by atoms with Crippen LogP contribution in [0.15, 0.2) is 71.8 Å². The fourth-order valence-electron chi connectivity index (χ4n) is 2.91. The van der Waals surface area contributed by atoms with Crippen molar-refractivity contribution in [3.05, 3.63) is 78.1 Å². The third-order valence-corrected chi connectivity index (χ3v) is 5.76. The van der Waals surface area contributed by atoms with Crippen molar-refractivity contribution < 1.29 is 32.5 Å². The zero-order chi connectivity index (χ0) is 23.8. The minimum Gasteiger partial charge on any atom is -0.493 e. The molecule has 33 heavy (non-hydrogen) atoms. The first-order valence-corrected chi connectivity index (χ1v) is 11.1. The average Bonchev–Trinajstić information content (AvgIpc) is 2.81. The van der Waals surface area contributed by atoms with Gasteiger partial charge in [0, 0.05) is 18.3 Å². The van der Waals surface area contributed by atoms with Crippen molar-refractivity contribution in [2.45, 2.75) is 11.5 Å². The molecule has 9 nitrogen and oxygen atoms in total. The summed E-state index contributed by atoms with van der Waals surface area (Å²) in [4.78, 5) is 14.8. The van der Waals surface area contributed by atoms with Crippen molar-refractivity contribution in [1.29, 1.82) is 0 Å². The molecule has 2 aromatic carbocycles. The highest BCUT2D eigenvalue weighted by molar-refractivity contribution is 7.92. The van der Waals surface area contributed by atoms with Gasteiger partial charge >= 0.3 is 5.97 Å². The number of nitrogens with zero attached hydrogens (tertiary/aromatic N) is 1. The van der Waals surface area contributed by atoms with Gasteiger partial charge in [0.05, 0.1) is 25.6 Å². The number of benzene rings is 2. The number of anilines is 1. The zero-order valence-corrected chi connectivity index (χ0v) is 18.7. The molecule has 10 heteroatoms. The van der Waals surface area contributed by atoms with Gasteiger partial charge in [-0.25, -0.2) is 13.2 Å². The molecule has 0 aliphatic heterocycles. The van der Waals surface area contributed by atoms with Crippen LogP contribution in [0.25, 0.3) is 6.08 Å². The second-order valence-electron chi connectivity index (χ2n) is 6.67. The van der Waals surface area contributed by atoms with E-state index in [9.17, 15) is 13.2 Å². The Balaban J connectivity index is 1.89. The number of sulfonamides is 1. The van der Waals surface area contributed by atoms with Gasteiger partial charge in [-0.05, 0) is 48.0 Å². The van der Waals surface area contributed by atoms with Gasteiger partial charge in [0.2, 0.25) is 0 Å². The molecule has 0 fully saturated rings. The summed E-state index contributed by atoms with van der Waals surface area (Å²) in [6.07, 6.45) is 3.81. The van der Waals surface area contributed by atoms with E-state index < -0.39 is 16.0 Å². The Hall–Kier alpha value is -4.05. The molecule has 0 radical (unpaired) electrons. The largest absolute Gasteiger partial charge is 0.493 e. The second kappa shape index (κ2) is 10.5. The van der Waals surface area contributed by atoms with Crippen LogP contribution < -0.4 is 18.9 Å². The van der Waals surface area contributed by atoms with Crippen molar-refractivity contribution >= 4 is 27.8 Å². The maximum atomic E-state index is 13.2. The van der Waals surface area contributed by atoms with Crippen molar-refractivity contribution in [3.8, 4) is 17.2 Å². The van der Waals surface area contributed by atoms with Crippen molar-refractivity contribution in [2.24, 2.45) is 0 Å². The zero-order valence-electron chi connectivity index (χ0n) is 17.9. The fourth-order valence-corrected chi connectivity index (χ4v) is 4.18. The van der Waals surface area contributed by atoms with Gasteiger partial charge < -0.3 is 19.3 Å². The minimum atomic E-state index is -4.14. The summed E-state index contributed by atoms with van der Waals surface area (Å²) in [5, 5.41) is 8.88. The lowest BCUT2D eigenvalue weighted by Crippen LogP contribution is -2.15. The van der Waals surface area contributed by atoms with Gasteiger partial charge in [-0.2, -0.15) is 0 Å². The molecule has 0 atom stereocenters. The minimum absolute atomic E-state index is 0.0139. The van der Waals surface area contributed by atoms with Crippen LogP contribution in [0.1, 0.15) is 11.3 Å². The van der Waals surface area contributed by atoms with Crippen LogP contribution in [0.2, 0.25) is 0 Å². The molecule has 0 aliphatic carbocycles. The summed E-state index contributed by atoms with van der Waals surface area (Å²) < 4.78 is 45.1. The quantitative estimate of drug-likeness (QED) is 0.431. The van der Waals surface area contributed by atoms with Gasteiger partial charge in [-0.3, -0.25) is 9.71 Å². The van der Waals surface area contributed by atoms with Crippen molar-refractivity contribution in [2.75, 3.05) is 18.9 Å². The Morgan fingerprint density at radius 1 is 1.09 bits per heavy atom. The number of methoxy groups -OCH3 is 2. The Bertz CT molecular complexity index is 1260. The molecule has 0 saturated carbocycles. The van der Waals surface area contributed by atoms with E-state index in [1.165, 1.54) is 32.4 Å². The summed E-state index contributed by atoms with van der Waals surface area (Å²) in [5.41, 5.74) is 1.30. The van der Waals surface area contributed by atoms with E-state index in [-0.39, 0.29) is 28.7 Å². The number of carbonyl (C=O) groups is 1. The molecule has 0 unspecified atom stereocenters. The van der Waals surface area contributed by atoms with Gasteiger partial charge in [-0.1, -0.05) is 12.1 Å². The van der Waals surface area contributed by atoms with Crippen molar-refractivity contribution in [3.63, 3.8) is 0 Å². The maximum Gasteiger partial charge on any atom is 0.328 e. The number of nitrogens with one attached hydrogen (secondary N) is 1. The SMILES string of the molecule is COc1cc(/C=C/C(=O)O)cc(S(=O)(=O)Nc2cccc(OCc3ccccn3)c2)c1OC. The first kappa shape index (κ1) is 23.6. The molecular weight excluding hydrogens is 448 g/mol. The molecule has 3 aromatic rings. The third kappa shape index (κ3) is 6.23. The molecule has 1 heterocycles. The number of pyridine rings is 1. The summed E-state index contributed by atoms with van der Waals surface area (Å²) >= 11 is 0. The highest BCUT2D eigenvalue weighted by Crippen LogP contribution is 2.37. The molecule has 0 bridgehead atoms. The second-order valence-corrected chi connectivity index (χ2v) is 8.32. The lowest BCUT2D eigenvalue weighted by Gasteiger charge is -2.16. The normalized spacial score (nSPS) is 11.2. The van der Waals surface area contributed by atoms with Gasteiger partial charge in [0.15, 0.2) is 11.5 Å². The maximum absolute atomic E-state index is 13.2. The number of ether oxygens (including phenoxy) is 3. The van der Waals surface area contributed by atoms with Crippen LogP contribution in [0, 0.1) is 0 Å².